The SMILES string of the molecule is COCCCN1C(=O)/C(=C\c2ccc(Cl)cc2Cl)C(C(=O)OC)=C1C. The largest absolute Gasteiger partial charge is 0.465 e. The van der Waals surface area contributed by atoms with Crippen molar-refractivity contribution in [1.29, 1.82) is 0 Å². The summed E-state index contributed by atoms with van der Waals surface area (Å²) in [7, 11) is 2.88. The van der Waals surface area contributed by atoms with Gasteiger partial charge >= 0.3 is 5.97 Å². The molecule has 1 aliphatic heterocycles. The fourth-order valence-corrected chi connectivity index (χ4v) is 3.10. The number of hydrogen-bond donors (Lipinski definition) is 0. The minimum Gasteiger partial charge on any atom is -0.465 e. The van der Waals surface area contributed by atoms with Gasteiger partial charge in [-0.3, -0.25) is 4.79 Å². The number of carbonyl (C=O) groups is 2. The second kappa shape index (κ2) is 8.52. The van der Waals surface area contributed by atoms with E-state index in [0.29, 0.717) is 40.9 Å². The number of nitrogens with zero attached hydrogens (tertiary/aromatic N) is 1. The number of amides is 1. The van der Waals surface area contributed by atoms with E-state index in [4.69, 9.17) is 32.7 Å². The molecule has 0 saturated heterocycles. The maximum Gasteiger partial charge on any atom is 0.340 e. The predicted octanol–water partition coefficient (Wildman–Crippen LogP) is 3.70. The number of esters is 1. The molecule has 5 nitrogen and oxygen atoms in total. The van der Waals surface area contributed by atoms with Gasteiger partial charge in [0.15, 0.2) is 0 Å². The van der Waals surface area contributed by atoms with Gasteiger partial charge in [-0.15, -0.1) is 0 Å². The second-order valence-corrected chi connectivity index (χ2v) is 6.32. The van der Waals surface area contributed by atoms with Crippen molar-refractivity contribution >= 4 is 41.2 Å². The average Bonchev–Trinajstić information content (AvgIpc) is 2.81. The number of hydrogen-bond acceptors (Lipinski definition) is 4. The van der Waals surface area contributed by atoms with Crippen LogP contribution in [0.1, 0.15) is 18.9 Å². The topological polar surface area (TPSA) is 55.8 Å². The molecule has 1 aliphatic rings. The van der Waals surface area contributed by atoms with Crippen LogP contribution in [-0.4, -0.2) is 44.1 Å². The van der Waals surface area contributed by atoms with Crippen LogP contribution in [0.3, 0.4) is 0 Å². The Labute approximate surface area is 156 Å². The smallest absolute Gasteiger partial charge is 0.340 e. The van der Waals surface area contributed by atoms with Crippen molar-refractivity contribution in [3.63, 3.8) is 0 Å². The lowest BCUT2D eigenvalue weighted by Crippen LogP contribution is -2.26. The zero-order valence-electron chi connectivity index (χ0n) is 14.3. The van der Waals surface area contributed by atoms with Crippen LogP contribution in [0.5, 0.6) is 0 Å². The second-order valence-electron chi connectivity index (χ2n) is 5.48. The fraction of sp³-hybridized carbons (Fsp3) is 0.333. The molecule has 0 spiro atoms. The molecule has 0 aromatic heterocycles. The van der Waals surface area contributed by atoms with E-state index in [1.54, 1.807) is 43.2 Å². The number of benzene rings is 1. The van der Waals surface area contributed by atoms with Crippen LogP contribution < -0.4 is 0 Å². The lowest BCUT2D eigenvalue weighted by atomic mass is 10.0. The van der Waals surface area contributed by atoms with Gasteiger partial charge in [0.05, 0.1) is 18.3 Å². The van der Waals surface area contributed by atoms with Crippen molar-refractivity contribution in [3.8, 4) is 0 Å². The number of rotatable bonds is 6. The Bertz CT molecular complexity index is 755. The van der Waals surface area contributed by atoms with E-state index in [1.165, 1.54) is 7.11 Å². The van der Waals surface area contributed by atoms with Gasteiger partial charge < -0.3 is 14.4 Å². The molecule has 0 N–H and O–H groups in total. The first-order valence-corrected chi connectivity index (χ1v) is 8.43. The molecule has 0 atom stereocenters. The lowest BCUT2D eigenvalue weighted by Gasteiger charge is -2.17. The normalized spacial score (nSPS) is 16.1. The van der Waals surface area contributed by atoms with Gasteiger partial charge in [-0.05, 0) is 37.1 Å². The summed E-state index contributed by atoms with van der Waals surface area (Å²) in [5, 5.41) is 0.888. The van der Waals surface area contributed by atoms with Gasteiger partial charge in [0, 0.05) is 36.0 Å². The molecular weight excluding hydrogens is 365 g/mol. The molecule has 0 radical (unpaired) electrons. The molecule has 1 aromatic carbocycles. The summed E-state index contributed by atoms with van der Waals surface area (Å²) < 4.78 is 9.88. The summed E-state index contributed by atoms with van der Waals surface area (Å²) in [6.07, 6.45) is 2.25. The summed E-state index contributed by atoms with van der Waals surface area (Å²) in [5.74, 6) is -0.823. The highest BCUT2D eigenvalue weighted by molar-refractivity contribution is 6.35. The Morgan fingerprint density at radius 3 is 2.60 bits per heavy atom. The third kappa shape index (κ3) is 4.24. The summed E-state index contributed by atoms with van der Waals surface area (Å²) in [6.45, 7) is 2.69. The summed E-state index contributed by atoms with van der Waals surface area (Å²) in [5.41, 5.74) is 1.66. The quantitative estimate of drug-likeness (QED) is 0.426. The maximum absolute atomic E-state index is 12.8. The molecule has 1 aromatic rings. The van der Waals surface area contributed by atoms with Gasteiger partial charge in [0.1, 0.15) is 0 Å². The van der Waals surface area contributed by atoms with Crippen molar-refractivity contribution < 1.29 is 19.1 Å². The van der Waals surface area contributed by atoms with E-state index in [-0.39, 0.29) is 17.1 Å². The number of carbonyl (C=O) groups excluding carboxylic acids is 2. The van der Waals surface area contributed by atoms with E-state index in [9.17, 15) is 9.59 Å². The zero-order chi connectivity index (χ0) is 18.6. The van der Waals surface area contributed by atoms with Crippen molar-refractivity contribution in [3.05, 3.63) is 50.7 Å². The standard InChI is InChI=1S/C18H19Cl2NO4/c1-11-16(18(23)25-3)14(17(22)21(11)7-4-8-24-2)9-12-5-6-13(19)10-15(12)20/h5-6,9-10H,4,7-8H2,1-3H3/b14-9-. The van der Waals surface area contributed by atoms with Crippen LogP contribution in [0.25, 0.3) is 6.08 Å². The molecular formula is C18H19Cl2NO4. The Morgan fingerprint density at radius 2 is 2.00 bits per heavy atom. The highest BCUT2D eigenvalue weighted by atomic mass is 35.5. The maximum atomic E-state index is 12.8. The molecule has 7 heteroatoms. The molecule has 0 aliphatic carbocycles. The van der Waals surface area contributed by atoms with Crippen LogP contribution >= 0.6 is 23.2 Å². The summed E-state index contributed by atoms with van der Waals surface area (Å²) in [4.78, 5) is 26.6. The molecule has 1 amide bonds. The number of methoxy groups -OCH3 is 2. The molecule has 25 heavy (non-hydrogen) atoms. The van der Waals surface area contributed by atoms with Crippen molar-refractivity contribution in [2.75, 3.05) is 27.4 Å². The van der Waals surface area contributed by atoms with E-state index >= 15 is 0 Å². The molecule has 0 unspecified atom stereocenters. The Hall–Kier alpha value is -1.82. The zero-order valence-corrected chi connectivity index (χ0v) is 15.8. The van der Waals surface area contributed by atoms with Crippen LogP contribution in [0.2, 0.25) is 10.0 Å². The van der Waals surface area contributed by atoms with E-state index in [0.717, 1.165) is 0 Å². The van der Waals surface area contributed by atoms with E-state index in [2.05, 4.69) is 0 Å². The van der Waals surface area contributed by atoms with Crippen molar-refractivity contribution in [2.45, 2.75) is 13.3 Å². The van der Waals surface area contributed by atoms with Crippen molar-refractivity contribution in [2.24, 2.45) is 0 Å². The van der Waals surface area contributed by atoms with E-state index in [1.807, 2.05) is 0 Å². The molecule has 134 valence electrons. The first-order chi connectivity index (χ1) is 11.9. The van der Waals surface area contributed by atoms with Gasteiger partial charge in [-0.1, -0.05) is 29.3 Å². The van der Waals surface area contributed by atoms with Gasteiger partial charge in [0.25, 0.3) is 5.91 Å². The van der Waals surface area contributed by atoms with Gasteiger partial charge in [0.2, 0.25) is 0 Å². The van der Waals surface area contributed by atoms with Crippen LogP contribution in [0.15, 0.2) is 35.0 Å². The molecule has 2 rings (SSSR count). The Kier molecular flexibility index (Phi) is 6.64. The third-order valence-electron chi connectivity index (χ3n) is 3.89. The first kappa shape index (κ1) is 19.5. The summed E-state index contributed by atoms with van der Waals surface area (Å²) >= 11 is 12.1. The highest BCUT2D eigenvalue weighted by Gasteiger charge is 2.36. The number of ether oxygens (including phenoxy) is 2. The summed E-state index contributed by atoms with van der Waals surface area (Å²) in [6, 6.07) is 4.95. The Balaban J connectivity index is 2.45. The molecule has 0 fully saturated rings. The minimum atomic E-state index is -0.559. The van der Waals surface area contributed by atoms with E-state index < -0.39 is 5.97 Å². The fourth-order valence-electron chi connectivity index (χ4n) is 2.64. The molecule has 0 bridgehead atoms. The van der Waals surface area contributed by atoms with Crippen LogP contribution in [0, 0.1) is 0 Å². The minimum absolute atomic E-state index is 0.246. The predicted molar refractivity (Wildman–Crippen MR) is 97.4 cm³/mol. The lowest BCUT2D eigenvalue weighted by molar-refractivity contribution is -0.136. The van der Waals surface area contributed by atoms with Crippen molar-refractivity contribution in [1.82, 2.24) is 4.90 Å². The third-order valence-corrected chi connectivity index (χ3v) is 4.46. The molecule has 1 heterocycles. The monoisotopic (exact) mass is 383 g/mol. The number of allylic oxidation sites excluding steroid dienone is 1. The average molecular weight is 384 g/mol. The first-order valence-electron chi connectivity index (χ1n) is 7.67. The Morgan fingerprint density at radius 1 is 1.28 bits per heavy atom. The van der Waals surface area contributed by atoms with Crippen LogP contribution in [0.4, 0.5) is 0 Å². The van der Waals surface area contributed by atoms with Crippen LogP contribution in [-0.2, 0) is 19.1 Å². The van der Waals surface area contributed by atoms with Gasteiger partial charge in [-0.2, -0.15) is 0 Å². The highest BCUT2D eigenvalue weighted by Crippen LogP contribution is 2.33. The van der Waals surface area contributed by atoms with Gasteiger partial charge in [-0.25, -0.2) is 4.79 Å². The number of halogens is 2. The molecule has 0 saturated carbocycles.